The minimum absolute atomic E-state index is 0.182. The third-order valence-electron chi connectivity index (χ3n) is 6.47. The van der Waals surface area contributed by atoms with Gasteiger partial charge in [-0.1, -0.05) is 6.92 Å². The molecule has 5 rings (SSSR count). The summed E-state index contributed by atoms with van der Waals surface area (Å²) in [6.07, 6.45) is 12.3. The van der Waals surface area contributed by atoms with E-state index in [1.165, 1.54) is 49.7 Å². The van der Waals surface area contributed by atoms with Gasteiger partial charge in [0.25, 0.3) is 0 Å². The highest BCUT2D eigenvalue weighted by Crippen LogP contribution is 2.67. The number of pyridine rings is 1. The lowest BCUT2D eigenvalue weighted by Crippen LogP contribution is -2.54. The number of hydrogen-bond donors (Lipinski definition) is 1. The van der Waals surface area contributed by atoms with Crippen molar-refractivity contribution < 1.29 is 0 Å². The Balaban J connectivity index is 1.73. The zero-order valence-electron chi connectivity index (χ0n) is 12.7. The van der Waals surface area contributed by atoms with Gasteiger partial charge in [-0.05, 0) is 85.3 Å². The summed E-state index contributed by atoms with van der Waals surface area (Å²) in [5.74, 6) is 1.87. The molecule has 0 amide bonds. The molecule has 4 saturated carbocycles. The van der Waals surface area contributed by atoms with E-state index in [4.69, 9.17) is 5.73 Å². The molecule has 2 N–H and O–H groups in total. The Morgan fingerprint density at radius 1 is 1.25 bits per heavy atom. The molecule has 2 heteroatoms. The van der Waals surface area contributed by atoms with Crippen LogP contribution in [0.4, 0.5) is 0 Å². The van der Waals surface area contributed by atoms with Crippen LogP contribution >= 0.6 is 0 Å². The smallest absolute Gasteiger partial charge is 0.0370 e. The van der Waals surface area contributed by atoms with E-state index in [-0.39, 0.29) is 6.04 Å². The van der Waals surface area contributed by atoms with Crippen molar-refractivity contribution in [2.75, 3.05) is 0 Å². The third-order valence-corrected chi connectivity index (χ3v) is 6.47. The van der Waals surface area contributed by atoms with Gasteiger partial charge in [-0.15, -0.1) is 0 Å². The Morgan fingerprint density at radius 2 is 1.95 bits per heavy atom. The fourth-order valence-electron chi connectivity index (χ4n) is 6.29. The molecule has 108 valence electrons. The van der Waals surface area contributed by atoms with Crippen LogP contribution < -0.4 is 5.73 Å². The molecule has 0 saturated heterocycles. The molecule has 4 fully saturated rings. The molecule has 4 aliphatic carbocycles. The van der Waals surface area contributed by atoms with Gasteiger partial charge in [0.15, 0.2) is 0 Å². The number of rotatable bonds is 2. The van der Waals surface area contributed by atoms with Gasteiger partial charge >= 0.3 is 0 Å². The molecule has 20 heavy (non-hydrogen) atoms. The number of nitrogens with two attached hydrogens (primary N) is 1. The SMILES string of the molecule is Cc1ccncc1C(N)C12CC3CC(CC(C)(C3)C1)C2. The first-order valence-corrected chi connectivity index (χ1v) is 8.16. The highest BCUT2D eigenvalue weighted by molar-refractivity contribution is 5.28. The van der Waals surface area contributed by atoms with Gasteiger partial charge < -0.3 is 5.73 Å². The second-order valence-electron chi connectivity index (χ2n) is 8.34. The molecule has 0 aliphatic heterocycles. The van der Waals surface area contributed by atoms with Gasteiger partial charge in [0.2, 0.25) is 0 Å². The van der Waals surface area contributed by atoms with Crippen LogP contribution in [0.2, 0.25) is 0 Å². The van der Waals surface area contributed by atoms with Crippen LogP contribution in [0, 0.1) is 29.6 Å². The number of aromatic nitrogens is 1. The van der Waals surface area contributed by atoms with Crippen molar-refractivity contribution >= 4 is 0 Å². The number of aryl methyl sites for hydroxylation is 1. The summed E-state index contributed by atoms with van der Waals surface area (Å²) in [4.78, 5) is 4.33. The van der Waals surface area contributed by atoms with Crippen LogP contribution in [0.5, 0.6) is 0 Å². The average Bonchev–Trinajstić information content (AvgIpc) is 2.35. The average molecular weight is 270 g/mol. The molecule has 1 heterocycles. The van der Waals surface area contributed by atoms with Crippen LogP contribution in [0.15, 0.2) is 18.5 Å². The van der Waals surface area contributed by atoms with E-state index in [0.29, 0.717) is 10.8 Å². The van der Waals surface area contributed by atoms with Crippen molar-refractivity contribution in [2.24, 2.45) is 28.4 Å². The molecule has 4 aliphatic rings. The lowest BCUT2D eigenvalue weighted by atomic mass is 9.43. The summed E-state index contributed by atoms with van der Waals surface area (Å²) in [7, 11) is 0. The fourth-order valence-corrected chi connectivity index (χ4v) is 6.29. The topological polar surface area (TPSA) is 38.9 Å². The molecule has 3 atom stereocenters. The highest BCUT2D eigenvalue weighted by atomic mass is 14.8. The Labute approximate surface area is 122 Å². The predicted molar refractivity (Wildman–Crippen MR) is 81.1 cm³/mol. The zero-order valence-corrected chi connectivity index (χ0v) is 12.7. The van der Waals surface area contributed by atoms with Crippen LogP contribution in [0.25, 0.3) is 0 Å². The first-order chi connectivity index (χ1) is 9.50. The third kappa shape index (κ3) is 1.77. The maximum Gasteiger partial charge on any atom is 0.0370 e. The quantitative estimate of drug-likeness (QED) is 0.882. The maximum atomic E-state index is 6.81. The van der Waals surface area contributed by atoms with E-state index in [9.17, 15) is 0 Å². The minimum Gasteiger partial charge on any atom is -0.323 e. The van der Waals surface area contributed by atoms with Gasteiger partial charge in [-0.25, -0.2) is 0 Å². The van der Waals surface area contributed by atoms with Crippen molar-refractivity contribution in [1.82, 2.24) is 4.98 Å². The first-order valence-electron chi connectivity index (χ1n) is 8.16. The first kappa shape index (κ1) is 12.8. The molecule has 0 radical (unpaired) electrons. The molecule has 0 spiro atoms. The summed E-state index contributed by atoms with van der Waals surface area (Å²) in [6.45, 7) is 4.70. The standard InChI is InChI=1S/C18H26N2/c1-12-3-4-20-10-15(12)16(19)18-8-13-5-14(9-18)7-17(2,6-13)11-18/h3-4,10,13-14,16H,5-9,11,19H2,1-2H3. The van der Waals surface area contributed by atoms with Crippen LogP contribution in [-0.4, -0.2) is 4.98 Å². The molecule has 4 bridgehead atoms. The van der Waals surface area contributed by atoms with Crippen molar-refractivity contribution in [1.29, 1.82) is 0 Å². The van der Waals surface area contributed by atoms with E-state index in [0.717, 1.165) is 11.8 Å². The fraction of sp³-hybridized carbons (Fsp3) is 0.722. The van der Waals surface area contributed by atoms with Gasteiger partial charge in [0.1, 0.15) is 0 Å². The second-order valence-corrected chi connectivity index (χ2v) is 8.34. The van der Waals surface area contributed by atoms with Gasteiger partial charge in [0, 0.05) is 18.4 Å². The summed E-state index contributed by atoms with van der Waals surface area (Å²) in [5.41, 5.74) is 10.3. The Morgan fingerprint density at radius 3 is 2.55 bits per heavy atom. The highest BCUT2D eigenvalue weighted by Gasteiger charge is 2.57. The summed E-state index contributed by atoms with van der Waals surface area (Å²) < 4.78 is 0. The minimum atomic E-state index is 0.182. The largest absolute Gasteiger partial charge is 0.323 e. The predicted octanol–water partition coefficient (Wildman–Crippen LogP) is 4.00. The monoisotopic (exact) mass is 270 g/mol. The molecule has 1 aromatic rings. The molecule has 1 aromatic heterocycles. The molecular formula is C18H26N2. The Bertz CT molecular complexity index is 522. The van der Waals surface area contributed by atoms with Gasteiger partial charge in [-0.2, -0.15) is 0 Å². The van der Waals surface area contributed by atoms with Gasteiger partial charge in [0.05, 0.1) is 0 Å². The molecule has 3 unspecified atom stereocenters. The van der Waals surface area contributed by atoms with Crippen molar-refractivity contribution in [3.05, 3.63) is 29.6 Å². The number of hydrogen-bond acceptors (Lipinski definition) is 2. The van der Waals surface area contributed by atoms with E-state index in [2.05, 4.69) is 24.9 Å². The van der Waals surface area contributed by atoms with E-state index in [1.54, 1.807) is 0 Å². The number of nitrogens with zero attached hydrogens (tertiary/aromatic N) is 1. The van der Waals surface area contributed by atoms with E-state index < -0.39 is 0 Å². The van der Waals surface area contributed by atoms with Crippen LogP contribution in [0.1, 0.15) is 62.6 Å². The van der Waals surface area contributed by atoms with E-state index >= 15 is 0 Å². The lowest BCUT2D eigenvalue weighted by molar-refractivity contribution is -0.113. The van der Waals surface area contributed by atoms with E-state index in [1.807, 2.05) is 12.4 Å². The Kier molecular flexibility index (Phi) is 2.61. The van der Waals surface area contributed by atoms with Crippen molar-refractivity contribution in [3.63, 3.8) is 0 Å². The maximum absolute atomic E-state index is 6.81. The molecular weight excluding hydrogens is 244 g/mol. The zero-order chi connectivity index (χ0) is 14.0. The van der Waals surface area contributed by atoms with Gasteiger partial charge in [-0.3, -0.25) is 4.98 Å². The molecule has 2 nitrogen and oxygen atoms in total. The Hall–Kier alpha value is -0.890. The molecule has 0 aromatic carbocycles. The van der Waals surface area contributed by atoms with Crippen LogP contribution in [-0.2, 0) is 0 Å². The lowest BCUT2D eigenvalue weighted by Gasteiger charge is -2.63. The summed E-state index contributed by atoms with van der Waals surface area (Å²) in [6, 6.07) is 2.29. The van der Waals surface area contributed by atoms with Crippen LogP contribution in [0.3, 0.4) is 0 Å². The second kappa shape index (κ2) is 4.07. The van der Waals surface area contributed by atoms with Crippen molar-refractivity contribution in [3.8, 4) is 0 Å². The summed E-state index contributed by atoms with van der Waals surface area (Å²) >= 11 is 0. The summed E-state index contributed by atoms with van der Waals surface area (Å²) in [5, 5.41) is 0. The van der Waals surface area contributed by atoms with Crippen molar-refractivity contribution in [2.45, 2.75) is 58.4 Å². The normalized spacial score (nSPS) is 43.8.